The molecule has 0 bridgehead atoms. The minimum atomic E-state index is 0.639. The zero-order valence-corrected chi connectivity index (χ0v) is 7.94. The second-order valence-corrected chi connectivity index (χ2v) is 3.15. The van der Waals surface area contributed by atoms with Crippen LogP contribution < -0.4 is 0 Å². The number of benzene rings is 1. The molecule has 0 spiro atoms. The topological polar surface area (TPSA) is 35.8 Å². The minimum absolute atomic E-state index is 0.639. The lowest BCUT2D eigenvalue weighted by molar-refractivity contribution is 0.315. The highest BCUT2D eigenvalue weighted by molar-refractivity contribution is 6.01. The predicted octanol–water partition coefficient (Wildman–Crippen LogP) is 1.43. The van der Waals surface area contributed by atoms with Crippen LogP contribution in [-0.4, -0.2) is 36.5 Å². The standard InChI is InChI=1S/C10H14N2O/c1-12(2)8-10(11-13)9-6-4-3-5-7-9/h3-7,13H,8H2,1-2H3. The summed E-state index contributed by atoms with van der Waals surface area (Å²) in [4.78, 5) is 1.96. The van der Waals surface area contributed by atoms with E-state index < -0.39 is 0 Å². The molecule has 1 aromatic carbocycles. The molecule has 0 radical (unpaired) electrons. The van der Waals surface area contributed by atoms with Crippen molar-refractivity contribution in [3.8, 4) is 0 Å². The number of oxime groups is 1. The van der Waals surface area contributed by atoms with Gasteiger partial charge in [0.05, 0.1) is 0 Å². The molecule has 0 saturated heterocycles. The summed E-state index contributed by atoms with van der Waals surface area (Å²) in [6, 6.07) is 9.65. The van der Waals surface area contributed by atoms with Gasteiger partial charge in [0.1, 0.15) is 5.71 Å². The lowest BCUT2D eigenvalue weighted by atomic mass is 10.1. The van der Waals surface area contributed by atoms with Gasteiger partial charge in [-0.25, -0.2) is 0 Å². The zero-order valence-electron chi connectivity index (χ0n) is 7.94. The molecule has 13 heavy (non-hydrogen) atoms. The van der Waals surface area contributed by atoms with Crippen molar-refractivity contribution in [3.63, 3.8) is 0 Å². The molecule has 3 nitrogen and oxygen atoms in total. The number of hydrogen-bond donors (Lipinski definition) is 1. The fourth-order valence-electron chi connectivity index (χ4n) is 1.11. The van der Waals surface area contributed by atoms with Crippen molar-refractivity contribution < 1.29 is 5.21 Å². The van der Waals surface area contributed by atoms with Gasteiger partial charge in [0.15, 0.2) is 0 Å². The fourth-order valence-corrected chi connectivity index (χ4v) is 1.11. The molecule has 0 aliphatic carbocycles. The first-order chi connectivity index (χ1) is 6.24. The van der Waals surface area contributed by atoms with E-state index in [1.54, 1.807) is 0 Å². The van der Waals surface area contributed by atoms with Gasteiger partial charge in [-0.2, -0.15) is 0 Å². The van der Waals surface area contributed by atoms with E-state index in [0.717, 1.165) is 5.56 Å². The van der Waals surface area contributed by atoms with Crippen molar-refractivity contribution in [1.82, 2.24) is 4.90 Å². The van der Waals surface area contributed by atoms with Crippen molar-refractivity contribution in [2.45, 2.75) is 0 Å². The Bertz CT molecular complexity index is 280. The summed E-state index contributed by atoms with van der Waals surface area (Å²) in [5.41, 5.74) is 1.64. The van der Waals surface area contributed by atoms with Crippen LogP contribution in [0.5, 0.6) is 0 Å². The largest absolute Gasteiger partial charge is 0.411 e. The molecule has 70 valence electrons. The zero-order chi connectivity index (χ0) is 9.68. The van der Waals surface area contributed by atoms with Gasteiger partial charge < -0.3 is 10.1 Å². The summed E-state index contributed by atoms with van der Waals surface area (Å²) in [5, 5.41) is 12.1. The molecule has 0 aliphatic heterocycles. The van der Waals surface area contributed by atoms with Crippen LogP contribution >= 0.6 is 0 Å². The van der Waals surface area contributed by atoms with E-state index in [9.17, 15) is 0 Å². The highest BCUT2D eigenvalue weighted by atomic mass is 16.4. The molecule has 0 atom stereocenters. The van der Waals surface area contributed by atoms with Crippen LogP contribution in [0, 0.1) is 0 Å². The first kappa shape index (κ1) is 9.74. The van der Waals surface area contributed by atoms with Crippen LogP contribution in [0.25, 0.3) is 0 Å². The average Bonchev–Trinajstić information content (AvgIpc) is 2.15. The summed E-state index contributed by atoms with van der Waals surface area (Å²) in [6.45, 7) is 0.639. The third kappa shape index (κ3) is 2.87. The predicted molar refractivity (Wildman–Crippen MR) is 53.3 cm³/mol. The quantitative estimate of drug-likeness (QED) is 0.432. The van der Waals surface area contributed by atoms with Crippen LogP contribution in [0.3, 0.4) is 0 Å². The Morgan fingerprint density at radius 3 is 2.38 bits per heavy atom. The minimum Gasteiger partial charge on any atom is -0.411 e. The van der Waals surface area contributed by atoms with Gasteiger partial charge in [-0.15, -0.1) is 0 Å². The first-order valence-electron chi connectivity index (χ1n) is 4.15. The normalized spacial score (nSPS) is 12.1. The van der Waals surface area contributed by atoms with Gasteiger partial charge >= 0.3 is 0 Å². The third-order valence-electron chi connectivity index (χ3n) is 1.69. The third-order valence-corrected chi connectivity index (χ3v) is 1.69. The van der Waals surface area contributed by atoms with Gasteiger partial charge in [-0.3, -0.25) is 0 Å². The lowest BCUT2D eigenvalue weighted by Gasteiger charge is -2.10. The monoisotopic (exact) mass is 178 g/mol. The molecule has 1 aromatic rings. The van der Waals surface area contributed by atoms with Crippen molar-refractivity contribution in [1.29, 1.82) is 0 Å². The average molecular weight is 178 g/mol. The Hall–Kier alpha value is -1.35. The maximum atomic E-state index is 8.79. The van der Waals surface area contributed by atoms with E-state index in [0.29, 0.717) is 12.3 Å². The summed E-state index contributed by atoms with van der Waals surface area (Å²) < 4.78 is 0. The number of rotatable bonds is 3. The van der Waals surface area contributed by atoms with E-state index in [1.165, 1.54) is 0 Å². The molecule has 0 amide bonds. The summed E-state index contributed by atoms with van der Waals surface area (Å²) >= 11 is 0. The van der Waals surface area contributed by atoms with Crippen molar-refractivity contribution >= 4 is 5.71 Å². The highest BCUT2D eigenvalue weighted by Gasteiger charge is 2.03. The molecule has 0 aliphatic rings. The summed E-state index contributed by atoms with van der Waals surface area (Å²) in [6.07, 6.45) is 0. The highest BCUT2D eigenvalue weighted by Crippen LogP contribution is 2.01. The first-order valence-corrected chi connectivity index (χ1v) is 4.15. The van der Waals surface area contributed by atoms with Crippen molar-refractivity contribution in [3.05, 3.63) is 35.9 Å². The molecule has 1 rings (SSSR count). The smallest absolute Gasteiger partial charge is 0.101 e. The molecule has 0 fully saturated rings. The van der Waals surface area contributed by atoms with Crippen LogP contribution in [0.1, 0.15) is 5.56 Å². The van der Waals surface area contributed by atoms with E-state index in [2.05, 4.69) is 5.16 Å². The van der Waals surface area contributed by atoms with Crippen molar-refractivity contribution in [2.75, 3.05) is 20.6 Å². The Balaban J connectivity index is 2.80. The molecule has 3 heteroatoms. The molecular formula is C10H14N2O. The van der Waals surface area contributed by atoms with Gasteiger partial charge in [-0.05, 0) is 14.1 Å². The maximum Gasteiger partial charge on any atom is 0.101 e. The van der Waals surface area contributed by atoms with E-state index >= 15 is 0 Å². The summed E-state index contributed by atoms with van der Waals surface area (Å²) in [5.74, 6) is 0. The second kappa shape index (κ2) is 4.62. The van der Waals surface area contributed by atoms with Crippen molar-refractivity contribution in [2.24, 2.45) is 5.16 Å². The molecular weight excluding hydrogens is 164 g/mol. The van der Waals surface area contributed by atoms with Crippen LogP contribution in [-0.2, 0) is 0 Å². The molecule has 0 heterocycles. The lowest BCUT2D eigenvalue weighted by Crippen LogP contribution is -2.22. The number of hydrogen-bond acceptors (Lipinski definition) is 3. The molecule has 0 aromatic heterocycles. The fraction of sp³-hybridized carbons (Fsp3) is 0.300. The van der Waals surface area contributed by atoms with E-state index in [-0.39, 0.29) is 0 Å². The molecule has 1 N–H and O–H groups in total. The van der Waals surface area contributed by atoms with Crippen LogP contribution in [0.15, 0.2) is 35.5 Å². The second-order valence-electron chi connectivity index (χ2n) is 3.15. The van der Waals surface area contributed by atoms with E-state index in [4.69, 9.17) is 5.21 Å². The van der Waals surface area contributed by atoms with Gasteiger partial charge in [-0.1, -0.05) is 35.5 Å². The van der Waals surface area contributed by atoms with Gasteiger partial charge in [0.2, 0.25) is 0 Å². The SMILES string of the molecule is CN(C)CC(=NO)c1ccccc1. The van der Waals surface area contributed by atoms with E-state index in [1.807, 2.05) is 49.3 Å². The Labute approximate surface area is 78.3 Å². The van der Waals surface area contributed by atoms with Crippen LogP contribution in [0.4, 0.5) is 0 Å². The Morgan fingerprint density at radius 1 is 1.31 bits per heavy atom. The summed E-state index contributed by atoms with van der Waals surface area (Å²) in [7, 11) is 3.88. The molecule has 0 saturated carbocycles. The van der Waals surface area contributed by atoms with Crippen LogP contribution in [0.2, 0.25) is 0 Å². The Morgan fingerprint density at radius 2 is 1.92 bits per heavy atom. The van der Waals surface area contributed by atoms with Gasteiger partial charge in [0, 0.05) is 12.1 Å². The Kier molecular flexibility index (Phi) is 3.46. The number of nitrogens with zero attached hydrogens (tertiary/aromatic N) is 2. The van der Waals surface area contributed by atoms with Gasteiger partial charge in [0.25, 0.3) is 0 Å². The maximum absolute atomic E-state index is 8.79. The molecule has 0 unspecified atom stereocenters. The number of likely N-dealkylation sites (N-methyl/N-ethyl adjacent to an activating group) is 1.